The van der Waals surface area contributed by atoms with Crippen molar-refractivity contribution in [2.24, 2.45) is 5.92 Å². The van der Waals surface area contributed by atoms with Crippen LogP contribution >= 0.6 is 23.2 Å². The van der Waals surface area contributed by atoms with Gasteiger partial charge in [-0.2, -0.15) is 0 Å². The quantitative estimate of drug-likeness (QED) is 0.319. The number of fused-ring (bicyclic) bond motifs is 1. The molecular formula is C28H33Cl2N3O3. The number of halogens is 2. The van der Waals surface area contributed by atoms with Crippen LogP contribution in [-0.4, -0.2) is 54.7 Å². The summed E-state index contributed by atoms with van der Waals surface area (Å²) in [5, 5.41) is 2.06. The van der Waals surface area contributed by atoms with Crippen molar-refractivity contribution in [3.05, 3.63) is 68.9 Å². The minimum absolute atomic E-state index is 0.178. The summed E-state index contributed by atoms with van der Waals surface area (Å²) in [4.78, 5) is 30.0. The zero-order chi connectivity index (χ0) is 25.7. The molecule has 8 heteroatoms. The van der Waals surface area contributed by atoms with Crippen LogP contribution in [0.2, 0.25) is 10.0 Å². The molecule has 0 N–H and O–H groups in total. The van der Waals surface area contributed by atoms with E-state index in [1.165, 1.54) is 10.6 Å². The van der Waals surface area contributed by atoms with E-state index in [-0.39, 0.29) is 17.4 Å². The molecule has 0 radical (unpaired) electrons. The Labute approximate surface area is 222 Å². The van der Waals surface area contributed by atoms with Crippen LogP contribution < -0.4 is 15.2 Å². The number of unbranched alkanes of at least 4 members (excludes halogenated alkanes) is 1. The fourth-order valence-corrected chi connectivity index (χ4v) is 4.92. The van der Waals surface area contributed by atoms with E-state index in [1.807, 2.05) is 44.2 Å². The van der Waals surface area contributed by atoms with Gasteiger partial charge in [-0.1, -0.05) is 43.1 Å². The molecule has 1 unspecified atom stereocenters. The lowest BCUT2D eigenvalue weighted by Gasteiger charge is -2.36. The van der Waals surface area contributed by atoms with Gasteiger partial charge in [0.05, 0.1) is 27.9 Å². The summed E-state index contributed by atoms with van der Waals surface area (Å²) in [6.45, 7) is 9.20. The molecule has 2 heterocycles. The fourth-order valence-electron chi connectivity index (χ4n) is 4.50. The third kappa shape index (κ3) is 6.05. The van der Waals surface area contributed by atoms with Crippen molar-refractivity contribution in [3.8, 4) is 5.75 Å². The summed E-state index contributed by atoms with van der Waals surface area (Å²) in [6, 6.07) is 14.6. The first-order valence-corrected chi connectivity index (χ1v) is 13.4. The van der Waals surface area contributed by atoms with Gasteiger partial charge in [-0.15, -0.1) is 0 Å². The van der Waals surface area contributed by atoms with Gasteiger partial charge in [-0.3, -0.25) is 14.5 Å². The van der Waals surface area contributed by atoms with Crippen LogP contribution in [0.4, 0.5) is 5.69 Å². The van der Waals surface area contributed by atoms with Gasteiger partial charge < -0.3 is 9.64 Å². The fraction of sp³-hybridized carbons (Fsp3) is 0.429. The second-order valence-electron chi connectivity index (χ2n) is 9.33. The van der Waals surface area contributed by atoms with Crippen molar-refractivity contribution in [2.45, 2.75) is 33.1 Å². The number of rotatable bonds is 9. The van der Waals surface area contributed by atoms with Crippen molar-refractivity contribution >= 4 is 45.7 Å². The van der Waals surface area contributed by atoms with Crippen LogP contribution in [-0.2, 0) is 0 Å². The second-order valence-corrected chi connectivity index (χ2v) is 10.1. The lowest BCUT2D eigenvalue weighted by atomic mass is 10.1. The maximum absolute atomic E-state index is 12.8. The number of carbonyl (C=O) groups excluding carboxylic acids is 1. The number of carbonyl (C=O) groups is 1. The van der Waals surface area contributed by atoms with Gasteiger partial charge in [0.1, 0.15) is 5.75 Å². The van der Waals surface area contributed by atoms with Crippen molar-refractivity contribution in [3.63, 3.8) is 0 Å². The van der Waals surface area contributed by atoms with Crippen LogP contribution in [0.3, 0.4) is 0 Å². The molecule has 1 aliphatic heterocycles. The predicted octanol–water partition coefficient (Wildman–Crippen LogP) is 5.98. The first kappa shape index (κ1) is 26.5. The number of hydrogen-bond donors (Lipinski definition) is 0. The molecule has 3 aromatic rings. The summed E-state index contributed by atoms with van der Waals surface area (Å²) in [7, 11) is 0. The normalized spacial score (nSPS) is 15.3. The molecule has 1 aliphatic rings. The van der Waals surface area contributed by atoms with E-state index in [2.05, 4.69) is 9.80 Å². The summed E-state index contributed by atoms with van der Waals surface area (Å²) in [6.07, 6.45) is 2.63. The largest absolute Gasteiger partial charge is 0.494 e. The molecule has 36 heavy (non-hydrogen) atoms. The Morgan fingerprint density at radius 1 is 1.03 bits per heavy atom. The number of pyridine rings is 1. The first-order valence-electron chi connectivity index (χ1n) is 12.6. The molecule has 0 saturated carbocycles. The van der Waals surface area contributed by atoms with Gasteiger partial charge in [-0.25, -0.2) is 4.57 Å². The Morgan fingerprint density at radius 2 is 1.78 bits per heavy atom. The zero-order valence-electron chi connectivity index (χ0n) is 20.9. The minimum Gasteiger partial charge on any atom is -0.494 e. The van der Waals surface area contributed by atoms with E-state index >= 15 is 0 Å². The Morgan fingerprint density at radius 3 is 2.53 bits per heavy atom. The number of ether oxygens (including phenoxy) is 1. The molecule has 4 rings (SSSR count). The van der Waals surface area contributed by atoms with E-state index in [9.17, 15) is 9.59 Å². The average molecular weight is 530 g/mol. The van der Waals surface area contributed by atoms with Crippen LogP contribution in [0.15, 0.2) is 53.3 Å². The lowest BCUT2D eigenvalue weighted by Crippen LogP contribution is -2.46. The molecule has 0 spiro atoms. The molecule has 6 nitrogen and oxygen atoms in total. The third-order valence-corrected chi connectivity index (χ3v) is 7.71. The highest BCUT2D eigenvalue weighted by Crippen LogP contribution is 2.32. The molecule has 1 aromatic heterocycles. The number of hydrogen-bond acceptors (Lipinski definition) is 5. The summed E-state index contributed by atoms with van der Waals surface area (Å²) >= 11 is 12.6. The second kappa shape index (κ2) is 12.1. The van der Waals surface area contributed by atoms with Crippen LogP contribution in [0.5, 0.6) is 5.75 Å². The SMILES string of the molecule is CCC(C)C(=O)n1c(=O)ccc2ccc(OCCCCN3CCN(c4cccc(Cl)c4Cl)CC3)cc21. The number of benzene rings is 2. The Hall–Kier alpha value is -2.54. The highest BCUT2D eigenvalue weighted by atomic mass is 35.5. The Bertz CT molecular complexity index is 1270. The number of anilines is 1. The maximum Gasteiger partial charge on any atom is 0.257 e. The molecule has 1 atom stereocenters. The standard InChI is InChI=1S/C28H33Cl2N3O3/c1-3-20(2)28(35)33-25-19-22(11-9-21(25)10-12-26(33)34)36-18-5-4-13-31-14-16-32(17-15-31)24-8-6-7-23(29)27(24)30/h6-12,19-20H,3-5,13-18H2,1-2H3. The molecule has 0 bridgehead atoms. The molecule has 1 saturated heterocycles. The van der Waals surface area contributed by atoms with Gasteiger partial charge in [0, 0.05) is 44.2 Å². The van der Waals surface area contributed by atoms with E-state index in [4.69, 9.17) is 27.9 Å². The highest BCUT2D eigenvalue weighted by molar-refractivity contribution is 6.43. The molecule has 2 aromatic carbocycles. The molecular weight excluding hydrogens is 497 g/mol. The van der Waals surface area contributed by atoms with Crippen LogP contribution in [0.1, 0.15) is 37.9 Å². The average Bonchev–Trinajstić information content (AvgIpc) is 2.89. The summed E-state index contributed by atoms with van der Waals surface area (Å²) in [5.74, 6) is 0.274. The van der Waals surface area contributed by atoms with Crippen molar-refractivity contribution in [2.75, 3.05) is 44.2 Å². The Balaban J connectivity index is 1.26. The van der Waals surface area contributed by atoms with E-state index < -0.39 is 0 Å². The number of nitrogens with zero attached hydrogens (tertiary/aromatic N) is 3. The zero-order valence-corrected chi connectivity index (χ0v) is 22.4. The van der Waals surface area contributed by atoms with Crippen molar-refractivity contribution in [1.82, 2.24) is 9.47 Å². The third-order valence-electron chi connectivity index (χ3n) is 6.90. The van der Waals surface area contributed by atoms with E-state index in [0.29, 0.717) is 34.3 Å². The molecule has 0 amide bonds. The van der Waals surface area contributed by atoms with Crippen LogP contribution in [0, 0.1) is 5.92 Å². The van der Waals surface area contributed by atoms with Gasteiger partial charge in [0.2, 0.25) is 5.91 Å². The van der Waals surface area contributed by atoms with Gasteiger partial charge >= 0.3 is 0 Å². The van der Waals surface area contributed by atoms with Crippen molar-refractivity contribution < 1.29 is 9.53 Å². The molecule has 0 aliphatic carbocycles. The van der Waals surface area contributed by atoms with Crippen LogP contribution in [0.25, 0.3) is 10.9 Å². The smallest absolute Gasteiger partial charge is 0.257 e. The van der Waals surface area contributed by atoms with E-state index in [1.54, 1.807) is 12.1 Å². The highest BCUT2D eigenvalue weighted by Gasteiger charge is 2.20. The van der Waals surface area contributed by atoms with E-state index in [0.717, 1.165) is 56.6 Å². The van der Waals surface area contributed by atoms with Gasteiger partial charge in [0.15, 0.2) is 0 Å². The molecule has 1 fully saturated rings. The summed E-state index contributed by atoms with van der Waals surface area (Å²) < 4.78 is 7.27. The monoisotopic (exact) mass is 529 g/mol. The summed E-state index contributed by atoms with van der Waals surface area (Å²) in [5.41, 5.74) is 1.30. The maximum atomic E-state index is 12.8. The number of piperazine rings is 1. The first-order chi connectivity index (χ1) is 17.4. The minimum atomic E-state index is -0.303. The topological polar surface area (TPSA) is 54.8 Å². The Kier molecular flexibility index (Phi) is 8.94. The lowest BCUT2D eigenvalue weighted by molar-refractivity contribution is 0.0843. The van der Waals surface area contributed by atoms with Gasteiger partial charge in [-0.05, 0) is 61.5 Å². The van der Waals surface area contributed by atoms with Crippen molar-refractivity contribution in [1.29, 1.82) is 0 Å². The predicted molar refractivity (Wildman–Crippen MR) is 148 cm³/mol. The van der Waals surface area contributed by atoms with Gasteiger partial charge in [0.25, 0.3) is 5.56 Å². The number of aromatic nitrogens is 1. The molecule has 192 valence electrons.